The molecule has 0 fully saturated rings. The van der Waals surface area contributed by atoms with Crippen LogP contribution in [0.4, 0.5) is 17.6 Å². The van der Waals surface area contributed by atoms with Crippen LogP contribution in [0.5, 0.6) is 11.5 Å². The van der Waals surface area contributed by atoms with E-state index < -0.39 is 40.9 Å². The normalized spacial score (nSPS) is 11.1. The highest BCUT2D eigenvalue weighted by molar-refractivity contribution is 5.96. The van der Waals surface area contributed by atoms with Crippen LogP contribution >= 0.6 is 0 Å². The highest BCUT2D eigenvalue weighted by atomic mass is 19.4. The summed E-state index contributed by atoms with van der Waals surface area (Å²) in [6.45, 7) is 0. The van der Waals surface area contributed by atoms with E-state index >= 15 is 0 Å². The molecule has 0 heterocycles. The van der Waals surface area contributed by atoms with E-state index in [-0.39, 0.29) is 0 Å². The molecular formula is C9H6F4N2O3. The Kier molecular flexibility index (Phi) is 3.44. The summed E-state index contributed by atoms with van der Waals surface area (Å²) in [4.78, 5) is 10.5. The molecule has 0 bridgehead atoms. The maximum Gasteiger partial charge on any atom is 0.491 e. The van der Waals surface area contributed by atoms with Crippen LogP contribution in [-0.4, -0.2) is 23.1 Å². The first-order chi connectivity index (χ1) is 8.14. The van der Waals surface area contributed by atoms with Crippen molar-refractivity contribution < 1.29 is 32.2 Å². The zero-order valence-corrected chi connectivity index (χ0v) is 8.51. The molecule has 5 nitrogen and oxygen atoms in total. The van der Waals surface area contributed by atoms with Gasteiger partial charge in [-0.3, -0.25) is 5.41 Å². The quantitative estimate of drug-likeness (QED) is 0.247. The summed E-state index contributed by atoms with van der Waals surface area (Å²) in [5, 5.41) is 16.1. The fourth-order valence-electron chi connectivity index (χ4n) is 1.00. The smallest absolute Gasteiger partial charge is 0.491 e. The molecule has 4 N–H and O–H groups in total. The number of nitrogen functional groups attached to an aromatic ring is 1. The number of amidine groups is 1. The van der Waals surface area contributed by atoms with Crippen LogP contribution in [0.3, 0.4) is 0 Å². The molecule has 0 unspecified atom stereocenters. The van der Waals surface area contributed by atoms with Gasteiger partial charge >= 0.3 is 12.1 Å². The maximum atomic E-state index is 13.5. The Morgan fingerprint density at radius 2 is 1.94 bits per heavy atom. The molecule has 0 aliphatic heterocycles. The molecule has 9 heteroatoms. The van der Waals surface area contributed by atoms with E-state index in [1.165, 1.54) is 0 Å². The molecule has 0 radical (unpaired) electrons. The van der Waals surface area contributed by atoms with E-state index in [0.717, 1.165) is 12.1 Å². The minimum atomic E-state index is -5.34. The summed E-state index contributed by atoms with van der Waals surface area (Å²) in [5.74, 6) is -7.37. The summed E-state index contributed by atoms with van der Waals surface area (Å²) < 4.78 is 52.9. The number of esters is 1. The van der Waals surface area contributed by atoms with Crippen LogP contribution in [0, 0.1) is 11.2 Å². The molecular weight excluding hydrogens is 260 g/mol. The lowest BCUT2D eigenvalue weighted by Crippen LogP contribution is -2.28. The summed E-state index contributed by atoms with van der Waals surface area (Å²) in [7, 11) is 0. The largest absolute Gasteiger partial charge is 0.504 e. The van der Waals surface area contributed by atoms with Crippen LogP contribution in [0.2, 0.25) is 0 Å². The molecule has 0 atom stereocenters. The summed E-state index contributed by atoms with van der Waals surface area (Å²) in [5.41, 5.74) is 4.35. The fraction of sp³-hybridized carbons (Fsp3) is 0.111. The Balaban J connectivity index is 3.21. The number of nitrogens with one attached hydrogen (secondary N) is 1. The Morgan fingerprint density at radius 3 is 2.39 bits per heavy atom. The number of rotatable bonds is 2. The second-order valence-corrected chi connectivity index (χ2v) is 3.08. The monoisotopic (exact) mass is 266 g/mol. The van der Waals surface area contributed by atoms with Crippen molar-refractivity contribution in [2.75, 3.05) is 0 Å². The van der Waals surface area contributed by atoms with Gasteiger partial charge in [0.2, 0.25) is 5.75 Å². The van der Waals surface area contributed by atoms with Crippen LogP contribution in [0.25, 0.3) is 0 Å². The highest BCUT2D eigenvalue weighted by Gasteiger charge is 2.42. The second-order valence-electron chi connectivity index (χ2n) is 3.08. The number of nitrogens with two attached hydrogens (primary N) is 1. The third-order valence-electron chi connectivity index (χ3n) is 1.79. The first kappa shape index (κ1) is 13.7. The molecule has 1 aromatic rings. The summed E-state index contributed by atoms with van der Waals surface area (Å²) in [6.07, 6.45) is -5.34. The zero-order valence-electron chi connectivity index (χ0n) is 8.51. The number of alkyl halides is 3. The predicted molar refractivity (Wildman–Crippen MR) is 50.8 cm³/mol. The van der Waals surface area contributed by atoms with Gasteiger partial charge in [0.1, 0.15) is 5.84 Å². The number of carbonyl (C=O) groups is 1. The van der Waals surface area contributed by atoms with Crippen LogP contribution < -0.4 is 10.5 Å². The topological polar surface area (TPSA) is 96.4 Å². The summed E-state index contributed by atoms with van der Waals surface area (Å²) >= 11 is 0. The fourth-order valence-corrected chi connectivity index (χ4v) is 1.00. The van der Waals surface area contributed by atoms with Gasteiger partial charge in [-0.05, 0) is 12.1 Å². The van der Waals surface area contributed by atoms with Gasteiger partial charge in [-0.25, -0.2) is 9.18 Å². The Hall–Kier alpha value is -2.32. The molecule has 1 rings (SSSR count). The van der Waals surface area contributed by atoms with E-state index in [1.54, 1.807) is 0 Å². The van der Waals surface area contributed by atoms with E-state index in [1.807, 2.05) is 0 Å². The minimum Gasteiger partial charge on any atom is -0.504 e. The lowest BCUT2D eigenvalue weighted by Gasteiger charge is -2.11. The van der Waals surface area contributed by atoms with Crippen LogP contribution in [0.15, 0.2) is 12.1 Å². The maximum absolute atomic E-state index is 13.5. The van der Waals surface area contributed by atoms with E-state index in [2.05, 4.69) is 4.74 Å². The van der Waals surface area contributed by atoms with Gasteiger partial charge in [0, 0.05) is 0 Å². The Morgan fingerprint density at radius 1 is 1.39 bits per heavy atom. The number of benzene rings is 1. The molecule has 98 valence electrons. The van der Waals surface area contributed by atoms with Crippen molar-refractivity contribution in [3.8, 4) is 11.5 Å². The number of hydrogen-bond acceptors (Lipinski definition) is 4. The van der Waals surface area contributed by atoms with Gasteiger partial charge in [-0.15, -0.1) is 0 Å². The van der Waals surface area contributed by atoms with Crippen molar-refractivity contribution in [2.45, 2.75) is 6.18 Å². The van der Waals surface area contributed by atoms with Gasteiger partial charge in [-0.2, -0.15) is 13.2 Å². The first-order valence-corrected chi connectivity index (χ1v) is 4.29. The van der Waals surface area contributed by atoms with Gasteiger partial charge in [-0.1, -0.05) is 0 Å². The lowest BCUT2D eigenvalue weighted by molar-refractivity contribution is -0.190. The van der Waals surface area contributed by atoms with Crippen molar-refractivity contribution in [2.24, 2.45) is 5.73 Å². The molecule has 0 saturated heterocycles. The number of ether oxygens (including phenoxy) is 1. The SMILES string of the molecule is N=C(N)c1ccc(O)c(OC(=O)C(F)(F)F)c1F. The van der Waals surface area contributed by atoms with Crippen LogP contribution in [0.1, 0.15) is 5.56 Å². The van der Waals surface area contributed by atoms with Crippen LogP contribution in [-0.2, 0) is 4.79 Å². The number of carbonyl (C=O) groups excluding carboxylic acids is 1. The third kappa shape index (κ3) is 2.67. The molecule has 0 aromatic heterocycles. The zero-order chi connectivity index (χ0) is 14.1. The minimum absolute atomic E-state index is 0.599. The van der Waals surface area contributed by atoms with Crippen molar-refractivity contribution in [1.82, 2.24) is 0 Å². The Bertz CT molecular complexity index is 513. The predicted octanol–water partition coefficient (Wildman–Crippen LogP) is 1.28. The van der Waals surface area contributed by atoms with E-state index in [0.29, 0.717) is 0 Å². The first-order valence-electron chi connectivity index (χ1n) is 4.29. The molecule has 0 aliphatic carbocycles. The van der Waals surface area contributed by atoms with Crippen molar-refractivity contribution in [3.63, 3.8) is 0 Å². The summed E-state index contributed by atoms with van der Waals surface area (Å²) in [6, 6.07) is 1.61. The van der Waals surface area contributed by atoms with Gasteiger partial charge in [0.05, 0.1) is 5.56 Å². The Labute approximate surface area is 97.3 Å². The number of aromatic hydroxyl groups is 1. The van der Waals surface area contributed by atoms with Crippen molar-refractivity contribution in [3.05, 3.63) is 23.5 Å². The molecule has 1 aromatic carbocycles. The third-order valence-corrected chi connectivity index (χ3v) is 1.79. The standard InChI is InChI=1S/C9H6F4N2O3/c10-5-3(7(14)15)1-2-4(16)6(5)18-8(17)9(11,12)13/h1-2,16H,(H3,14,15). The van der Waals surface area contributed by atoms with Gasteiger partial charge in [0.15, 0.2) is 11.6 Å². The molecule has 0 amide bonds. The average Bonchev–Trinajstić information content (AvgIpc) is 2.21. The average molecular weight is 266 g/mol. The molecule has 0 spiro atoms. The van der Waals surface area contributed by atoms with Gasteiger partial charge in [0.25, 0.3) is 0 Å². The lowest BCUT2D eigenvalue weighted by atomic mass is 10.1. The number of phenols is 1. The highest BCUT2D eigenvalue weighted by Crippen LogP contribution is 2.33. The van der Waals surface area contributed by atoms with Crippen molar-refractivity contribution >= 4 is 11.8 Å². The number of hydrogen-bond donors (Lipinski definition) is 3. The van der Waals surface area contributed by atoms with Crippen molar-refractivity contribution in [1.29, 1.82) is 5.41 Å². The van der Waals surface area contributed by atoms with E-state index in [9.17, 15) is 22.4 Å². The van der Waals surface area contributed by atoms with E-state index in [4.69, 9.17) is 16.2 Å². The number of halogens is 4. The molecule has 0 saturated carbocycles. The number of phenolic OH excluding ortho intramolecular Hbond substituents is 1. The molecule has 0 aliphatic rings. The molecule has 18 heavy (non-hydrogen) atoms. The second kappa shape index (κ2) is 4.51. The van der Waals surface area contributed by atoms with Gasteiger partial charge < -0.3 is 15.6 Å².